The molecule has 1 aliphatic rings. The van der Waals surface area contributed by atoms with E-state index in [1.807, 2.05) is 47.5 Å². The number of nitrogens with zero attached hydrogens (tertiary/aromatic N) is 2. The summed E-state index contributed by atoms with van der Waals surface area (Å²) in [5.74, 6) is 2.60. The van der Waals surface area contributed by atoms with E-state index in [1.54, 1.807) is 40.6 Å². The van der Waals surface area contributed by atoms with Crippen LogP contribution >= 0.6 is 0 Å². The summed E-state index contributed by atoms with van der Waals surface area (Å²) in [5.41, 5.74) is 3.36. The van der Waals surface area contributed by atoms with E-state index in [1.165, 1.54) is 0 Å². The van der Waals surface area contributed by atoms with Crippen molar-refractivity contribution in [3.8, 4) is 28.7 Å². The van der Waals surface area contributed by atoms with Gasteiger partial charge in [0.2, 0.25) is 5.75 Å². The van der Waals surface area contributed by atoms with Gasteiger partial charge < -0.3 is 24.1 Å². The lowest BCUT2D eigenvalue weighted by Crippen LogP contribution is -2.19. The molecule has 7 nitrogen and oxygen atoms in total. The highest BCUT2D eigenvalue weighted by Gasteiger charge is 2.33. The van der Waals surface area contributed by atoms with E-state index in [4.69, 9.17) is 24.0 Å². The normalized spacial score (nSPS) is 15.1. The lowest BCUT2D eigenvalue weighted by atomic mass is 9.93. The molecular formula is C29H28N2O5. The molecule has 184 valence electrons. The Morgan fingerprint density at radius 2 is 1.39 bits per heavy atom. The van der Waals surface area contributed by atoms with Crippen molar-refractivity contribution in [1.82, 2.24) is 0 Å². The Balaban J connectivity index is 1.71. The zero-order chi connectivity index (χ0) is 25.2. The summed E-state index contributed by atoms with van der Waals surface area (Å²) >= 11 is 0. The molecule has 7 heteroatoms. The number of benzene rings is 4. The lowest BCUT2D eigenvalue weighted by molar-refractivity contribution is 0.324. The predicted molar refractivity (Wildman–Crippen MR) is 141 cm³/mol. The lowest BCUT2D eigenvalue weighted by Gasteiger charge is -2.27. The fourth-order valence-corrected chi connectivity index (χ4v) is 4.83. The summed E-state index contributed by atoms with van der Waals surface area (Å²) in [7, 11) is 6.45. The van der Waals surface area contributed by atoms with Crippen LogP contribution in [-0.2, 0) is 0 Å². The van der Waals surface area contributed by atoms with Crippen LogP contribution in [0.2, 0.25) is 0 Å². The van der Waals surface area contributed by atoms with Crippen LogP contribution in [0.1, 0.15) is 23.6 Å². The van der Waals surface area contributed by atoms with Crippen molar-refractivity contribution in [3.05, 3.63) is 83.9 Å². The molecule has 0 fully saturated rings. The number of methoxy groups -OCH3 is 4. The van der Waals surface area contributed by atoms with Gasteiger partial charge in [0.25, 0.3) is 0 Å². The van der Waals surface area contributed by atoms with E-state index >= 15 is 0 Å². The smallest absolute Gasteiger partial charge is 0.203 e. The average Bonchev–Trinajstić information content (AvgIpc) is 3.36. The number of hydrogen-bond donors (Lipinski definition) is 1. The zero-order valence-electron chi connectivity index (χ0n) is 20.7. The van der Waals surface area contributed by atoms with Gasteiger partial charge in [-0.3, -0.25) is 5.01 Å². The molecule has 1 heterocycles. The summed E-state index contributed by atoms with van der Waals surface area (Å²) in [6, 6.07) is 23.1. The van der Waals surface area contributed by atoms with Crippen molar-refractivity contribution in [2.45, 2.75) is 12.5 Å². The van der Waals surface area contributed by atoms with Gasteiger partial charge in [-0.2, -0.15) is 5.10 Å². The number of hydrazone groups is 1. The number of phenolic OH excluding ortho intramolecular Hbond substituents is 1. The van der Waals surface area contributed by atoms with Crippen molar-refractivity contribution >= 4 is 22.2 Å². The minimum Gasteiger partial charge on any atom is -0.507 e. The van der Waals surface area contributed by atoms with Gasteiger partial charge in [-0.25, -0.2) is 0 Å². The Hall–Kier alpha value is -4.39. The van der Waals surface area contributed by atoms with E-state index < -0.39 is 0 Å². The van der Waals surface area contributed by atoms with Crippen LogP contribution in [0.4, 0.5) is 5.69 Å². The predicted octanol–water partition coefficient (Wildman–Crippen LogP) is 5.94. The SMILES string of the molecule is COc1cc(N2N=C(c3ccccc3O)CC2c2ccc(OC)c3ccccc23)cc(OC)c1OC. The largest absolute Gasteiger partial charge is 0.507 e. The summed E-state index contributed by atoms with van der Waals surface area (Å²) in [5, 5.41) is 19.7. The highest BCUT2D eigenvalue weighted by atomic mass is 16.5. The Morgan fingerprint density at radius 3 is 2.03 bits per heavy atom. The van der Waals surface area contributed by atoms with Gasteiger partial charge in [0.05, 0.1) is 45.9 Å². The second-order valence-electron chi connectivity index (χ2n) is 8.41. The monoisotopic (exact) mass is 484 g/mol. The van der Waals surface area contributed by atoms with Gasteiger partial charge in [-0.15, -0.1) is 0 Å². The maximum Gasteiger partial charge on any atom is 0.203 e. The fraction of sp³-hybridized carbons (Fsp3) is 0.207. The molecular weight excluding hydrogens is 456 g/mol. The molecule has 36 heavy (non-hydrogen) atoms. The first kappa shape index (κ1) is 23.4. The third kappa shape index (κ3) is 3.92. The van der Waals surface area contributed by atoms with Crippen LogP contribution in [0.25, 0.3) is 10.8 Å². The van der Waals surface area contributed by atoms with E-state index in [2.05, 4.69) is 18.2 Å². The van der Waals surface area contributed by atoms with Gasteiger partial charge in [0.1, 0.15) is 11.5 Å². The number of aromatic hydroxyl groups is 1. The van der Waals surface area contributed by atoms with Crippen molar-refractivity contribution in [3.63, 3.8) is 0 Å². The molecule has 0 amide bonds. The van der Waals surface area contributed by atoms with E-state index in [0.29, 0.717) is 29.2 Å². The van der Waals surface area contributed by atoms with E-state index in [-0.39, 0.29) is 11.8 Å². The highest BCUT2D eigenvalue weighted by Crippen LogP contribution is 2.46. The maximum absolute atomic E-state index is 10.6. The first-order valence-electron chi connectivity index (χ1n) is 11.6. The molecule has 4 aromatic carbocycles. The molecule has 0 aromatic heterocycles. The van der Waals surface area contributed by atoms with Crippen molar-refractivity contribution < 1.29 is 24.1 Å². The number of anilines is 1. The van der Waals surface area contributed by atoms with Crippen LogP contribution in [0, 0.1) is 0 Å². The highest BCUT2D eigenvalue weighted by molar-refractivity contribution is 6.06. The van der Waals surface area contributed by atoms with Crippen molar-refractivity contribution in [2.24, 2.45) is 5.10 Å². The number of ether oxygens (including phenoxy) is 4. The fourth-order valence-electron chi connectivity index (χ4n) is 4.83. The molecule has 1 N–H and O–H groups in total. The molecule has 0 aliphatic carbocycles. The standard InChI is InChI=1S/C29H28N2O5/c1-33-26-14-13-20(19-9-5-6-10-21(19)26)24-17-23(22-11-7-8-12-25(22)32)30-31(24)18-15-27(34-2)29(36-4)28(16-18)35-3/h5-16,24,32H,17H2,1-4H3. The average molecular weight is 485 g/mol. The summed E-state index contributed by atoms with van der Waals surface area (Å²) < 4.78 is 22.4. The second kappa shape index (κ2) is 9.70. The molecule has 0 saturated heterocycles. The van der Waals surface area contributed by atoms with Crippen molar-refractivity contribution in [1.29, 1.82) is 0 Å². The minimum atomic E-state index is -0.154. The van der Waals surface area contributed by atoms with Crippen LogP contribution in [0.5, 0.6) is 28.7 Å². The number of para-hydroxylation sites is 1. The van der Waals surface area contributed by atoms with Gasteiger partial charge >= 0.3 is 0 Å². The van der Waals surface area contributed by atoms with Crippen LogP contribution < -0.4 is 24.0 Å². The third-order valence-corrected chi connectivity index (χ3v) is 6.54. The zero-order valence-corrected chi connectivity index (χ0v) is 20.7. The van der Waals surface area contributed by atoms with Gasteiger partial charge in [0.15, 0.2) is 11.5 Å². The van der Waals surface area contributed by atoms with Crippen LogP contribution in [0.15, 0.2) is 77.9 Å². The second-order valence-corrected chi connectivity index (χ2v) is 8.41. The van der Waals surface area contributed by atoms with Gasteiger partial charge in [-0.1, -0.05) is 42.5 Å². The summed E-state index contributed by atoms with van der Waals surface area (Å²) in [6.45, 7) is 0. The molecule has 0 bridgehead atoms. The first-order valence-corrected chi connectivity index (χ1v) is 11.6. The molecule has 1 aliphatic heterocycles. The molecule has 1 atom stereocenters. The number of hydrogen-bond acceptors (Lipinski definition) is 7. The molecule has 4 aromatic rings. The molecule has 0 spiro atoms. The van der Waals surface area contributed by atoms with Crippen LogP contribution in [0.3, 0.4) is 0 Å². The summed E-state index contributed by atoms with van der Waals surface area (Å²) in [4.78, 5) is 0. The van der Waals surface area contributed by atoms with Crippen LogP contribution in [-0.4, -0.2) is 39.3 Å². The Morgan fingerprint density at radius 1 is 0.750 bits per heavy atom. The molecule has 1 unspecified atom stereocenters. The van der Waals surface area contributed by atoms with E-state index in [0.717, 1.165) is 33.5 Å². The van der Waals surface area contributed by atoms with Gasteiger partial charge in [-0.05, 0) is 29.1 Å². The minimum absolute atomic E-state index is 0.154. The number of fused-ring (bicyclic) bond motifs is 1. The Labute approximate surface area is 210 Å². The maximum atomic E-state index is 10.6. The van der Waals surface area contributed by atoms with E-state index in [9.17, 15) is 5.11 Å². The molecule has 5 rings (SSSR count). The first-order chi connectivity index (χ1) is 17.6. The van der Waals surface area contributed by atoms with Crippen molar-refractivity contribution in [2.75, 3.05) is 33.4 Å². The quantitative estimate of drug-likeness (QED) is 0.350. The number of rotatable bonds is 7. The topological polar surface area (TPSA) is 72.8 Å². The Bertz CT molecular complexity index is 1420. The summed E-state index contributed by atoms with van der Waals surface area (Å²) in [6.07, 6.45) is 0.588. The molecule has 0 saturated carbocycles. The third-order valence-electron chi connectivity index (χ3n) is 6.54. The Kier molecular flexibility index (Phi) is 6.29. The molecule has 0 radical (unpaired) electrons. The number of phenols is 1. The van der Waals surface area contributed by atoms with Gasteiger partial charge in [0, 0.05) is 29.5 Å².